The zero-order valence-electron chi connectivity index (χ0n) is 11.1. The van der Waals surface area contributed by atoms with Crippen molar-refractivity contribution in [3.8, 4) is 5.75 Å². The Morgan fingerprint density at radius 2 is 1.80 bits per heavy atom. The quantitative estimate of drug-likeness (QED) is 0.533. The highest BCUT2D eigenvalue weighted by Gasteiger charge is 2.07. The average Bonchev–Trinajstić information content (AvgIpc) is 2.48. The number of methoxy groups -OCH3 is 1. The van der Waals surface area contributed by atoms with Gasteiger partial charge in [-0.3, -0.25) is 0 Å². The fourth-order valence-corrected chi connectivity index (χ4v) is 1.87. The van der Waals surface area contributed by atoms with Crippen molar-refractivity contribution in [1.29, 1.82) is 0 Å². The van der Waals surface area contributed by atoms with Crippen molar-refractivity contribution in [2.75, 3.05) is 12.1 Å². The highest BCUT2D eigenvalue weighted by Crippen LogP contribution is 2.17. The van der Waals surface area contributed by atoms with Crippen LogP contribution in [-0.2, 0) is 0 Å². The van der Waals surface area contributed by atoms with Gasteiger partial charge in [0.25, 0.3) is 0 Å². The lowest BCUT2D eigenvalue weighted by Gasteiger charge is -2.16. The molecule has 2 aromatic carbocycles. The molecule has 2 aromatic rings. The van der Waals surface area contributed by atoms with Crippen LogP contribution in [0.2, 0.25) is 0 Å². The van der Waals surface area contributed by atoms with Crippen molar-refractivity contribution in [2.45, 2.75) is 0 Å². The number of ether oxygens (including phenoxy) is 1. The molecule has 0 aromatic heterocycles. The Kier molecular flexibility index (Phi) is 4.68. The number of anilines is 1. The van der Waals surface area contributed by atoms with Crippen LogP contribution in [0.5, 0.6) is 5.75 Å². The molecule has 5 heteroatoms. The third-order valence-electron chi connectivity index (χ3n) is 2.66. The first-order chi connectivity index (χ1) is 9.72. The van der Waals surface area contributed by atoms with Crippen LogP contribution in [0.1, 0.15) is 5.56 Å². The van der Waals surface area contributed by atoms with Gasteiger partial charge in [-0.05, 0) is 36.5 Å². The van der Waals surface area contributed by atoms with E-state index in [4.69, 9.17) is 22.7 Å². The molecule has 0 bridgehead atoms. The molecule has 2 rings (SSSR count). The summed E-state index contributed by atoms with van der Waals surface area (Å²) in [4.78, 5) is 0. The molecule has 0 aliphatic heterocycles. The molecule has 20 heavy (non-hydrogen) atoms. The van der Waals surface area contributed by atoms with Gasteiger partial charge < -0.3 is 10.5 Å². The first-order valence-electron chi connectivity index (χ1n) is 6.04. The van der Waals surface area contributed by atoms with Crippen molar-refractivity contribution in [1.82, 2.24) is 0 Å². The maximum absolute atomic E-state index is 5.72. The van der Waals surface area contributed by atoms with Gasteiger partial charge in [0.05, 0.1) is 19.0 Å². The Balaban J connectivity index is 2.29. The average molecular weight is 285 g/mol. The maximum Gasteiger partial charge on any atom is 0.191 e. The predicted octanol–water partition coefficient (Wildman–Crippen LogP) is 2.78. The summed E-state index contributed by atoms with van der Waals surface area (Å²) in [5, 5.41) is 6.02. The molecule has 2 N–H and O–H groups in total. The molecule has 0 heterocycles. The van der Waals surface area contributed by atoms with Crippen LogP contribution >= 0.6 is 12.2 Å². The fourth-order valence-electron chi connectivity index (χ4n) is 1.71. The van der Waals surface area contributed by atoms with E-state index in [-0.39, 0.29) is 5.11 Å². The van der Waals surface area contributed by atoms with Crippen LogP contribution in [0.25, 0.3) is 0 Å². The first kappa shape index (κ1) is 14.0. The van der Waals surface area contributed by atoms with E-state index < -0.39 is 0 Å². The predicted molar refractivity (Wildman–Crippen MR) is 86.3 cm³/mol. The van der Waals surface area contributed by atoms with Gasteiger partial charge in [0.1, 0.15) is 5.75 Å². The third kappa shape index (κ3) is 3.33. The number of thiocarbonyl (C=S) groups is 1. The van der Waals surface area contributed by atoms with Crippen molar-refractivity contribution in [3.05, 3.63) is 60.2 Å². The smallest absolute Gasteiger partial charge is 0.191 e. The van der Waals surface area contributed by atoms with Gasteiger partial charge in [-0.1, -0.05) is 30.3 Å². The van der Waals surface area contributed by atoms with E-state index in [0.717, 1.165) is 17.0 Å². The Bertz CT molecular complexity index is 614. The molecule has 0 atom stereocenters. The monoisotopic (exact) mass is 285 g/mol. The Labute approximate surface area is 123 Å². The maximum atomic E-state index is 5.72. The van der Waals surface area contributed by atoms with Gasteiger partial charge in [-0.25, -0.2) is 5.01 Å². The molecule has 0 unspecified atom stereocenters. The van der Waals surface area contributed by atoms with E-state index in [9.17, 15) is 0 Å². The molecule has 0 amide bonds. The second-order valence-electron chi connectivity index (χ2n) is 3.97. The normalized spacial score (nSPS) is 10.4. The summed E-state index contributed by atoms with van der Waals surface area (Å²) < 4.78 is 5.27. The van der Waals surface area contributed by atoms with Gasteiger partial charge in [0, 0.05) is 5.56 Å². The zero-order valence-corrected chi connectivity index (χ0v) is 11.9. The minimum absolute atomic E-state index is 0.183. The fraction of sp³-hybridized carbons (Fsp3) is 0.0667. The number of benzene rings is 2. The molecule has 102 valence electrons. The van der Waals surface area contributed by atoms with Gasteiger partial charge in [-0.2, -0.15) is 5.10 Å². The molecule has 4 nitrogen and oxygen atoms in total. The number of rotatable bonds is 4. The van der Waals surface area contributed by atoms with Crippen molar-refractivity contribution >= 4 is 29.2 Å². The Hall–Kier alpha value is -2.40. The minimum atomic E-state index is 0.183. The van der Waals surface area contributed by atoms with E-state index in [1.165, 1.54) is 5.01 Å². The summed E-state index contributed by atoms with van der Waals surface area (Å²) in [6, 6.07) is 17.1. The van der Waals surface area contributed by atoms with Crippen LogP contribution in [0, 0.1) is 0 Å². The number of hydrazone groups is 1. The van der Waals surface area contributed by atoms with Gasteiger partial charge in [-0.15, -0.1) is 0 Å². The second-order valence-corrected chi connectivity index (χ2v) is 4.39. The summed E-state index contributed by atoms with van der Waals surface area (Å²) in [5.41, 5.74) is 7.38. The van der Waals surface area contributed by atoms with Crippen molar-refractivity contribution < 1.29 is 4.74 Å². The van der Waals surface area contributed by atoms with E-state index in [1.807, 2.05) is 54.6 Å². The molecule has 0 saturated carbocycles. The third-order valence-corrected chi connectivity index (χ3v) is 2.83. The lowest BCUT2D eigenvalue weighted by Crippen LogP contribution is -2.30. The summed E-state index contributed by atoms with van der Waals surface area (Å²) in [6.45, 7) is 0. The highest BCUT2D eigenvalue weighted by molar-refractivity contribution is 7.80. The largest absolute Gasteiger partial charge is 0.496 e. The van der Waals surface area contributed by atoms with Crippen LogP contribution in [-0.4, -0.2) is 18.4 Å². The molecule has 0 aliphatic carbocycles. The molecular formula is C15H15N3OS. The summed E-state index contributed by atoms with van der Waals surface area (Å²) >= 11 is 5.03. The molecule has 0 fully saturated rings. The number of nitrogens with two attached hydrogens (primary N) is 1. The summed E-state index contributed by atoms with van der Waals surface area (Å²) in [5.74, 6) is 0.743. The van der Waals surface area contributed by atoms with Crippen LogP contribution in [0.3, 0.4) is 0 Å². The molecule has 0 radical (unpaired) electrons. The van der Waals surface area contributed by atoms with Gasteiger partial charge >= 0.3 is 0 Å². The van der Waals surface area contributed by atoms with Gasteiger partial charge in [0.2, 0.25) is 0 Å². The number of para-hydroxylation sites is 2. The van der Waals surface area contributed by atoms with Crippen molar-refractivity contribution in [2.24, 2.45) is 10.8 Å². The van der Waals surface area contributed by atoms with Crippen LogP contribution in [0.15, 0.2) is 59.7 Å². The molecule has 0 aliphatic rings. The SMILES string of the molecule is COc1ccccc1C=NN(C(N)=S)c1ccccc1. The van der Waals surface area contributed by atoms with Crippen LogP contribution in [0.4, 0.5) is 5.69 Å². The molecule has 0 saturated heterocycles. The summed E-state index contributed by atoms with van der Waals surface area (Å²) in [7, 11) is 1.62. The van der Waals surface area contributed by atoms with Crippen molar-refractivity contribution in [3.63, 3.8) is 0 Å². The highest BCUT2D eigenvalue weighted by atomic mass is 32.1. The van der Waals surface area contributed by atoms with Crippen LogP contribution < -0.4 is 15.5 Å². The number of nitrogens with zero attached hydrogens (tertiary/aromatic N) is 2. The van der Waals surface area contributed by atoms with E-state index >= 15 is 0 Å². The number of hydrogen-bond acceptors (Lipinski definition) is 3. The topological polar surface area (TPSA) is 50.8 Å². The minimum Gasteiger partial charge on any atom is -0.496 e. The molecular weight excluding hydrogens is 270 g/mol. The standard InChI is InChI=1S/C15H15N3OS/c1-19-14-10-6-5-7-12(14)11-17-18(15(16)20)13-8-3-2-4-9-13/h2-11H,1H3,(H2,16,20). The lowest BCUT2D eigenvalue weighted by atomic mass is 10.2. The Morgan fingerprint density at radius 1 is 1.15 bits per heavy atom. The summed E-state index contributed by atoms with van der Waals surface area (Å²) in [6.07, 6.45) is 1.67. The lowest BCUT2D eigenvalue weighted by molar-refractivity contribution is 0.414. The second kappa shape index (κ2) is 6.68. The van der Waals surface area contributed by atoms with E-state index in [1.54, 1.807) is 13.3 Å². The number of hydrogen-bond donors (Lipinski definition) is 1. The Morgan fingerprint density at radius 3 is 2.45 bits per heavy atom. The molecule has 0 spiro atoms. The van der Waals surface area contributed by atoms with E-state index in [0.29, 0.717) is 0 Å². The first-order valence-corrected chi connectivity index (χ1v) is 6.45. The zero-order chi connectivity index (χ0) is 14.4. The van der Waals surface area contributed by atoms with Gasteiger partial charge in [0.15, 0.2) is 5.11 Å². The van der Waals surface area contributed by atoms with E-state index in [2.05, 4.69) is 5.10 Å².